The van der Waals surface area contributed by atoms with E-state index in [2.05, 4.69) is 5.16 Å². The third-order valence-corrected chi connectivity index (χ3v) is 2.95. The predicted molar refractivity (Wildman–Crippen MR) is 75.4 cm³/mol. The molecule has 2 rings (SSSR count). The number of amides is 1. The average Bonchev–Trinajstić information content (AvgIpc) is 2.91. The summed E-state index contributed by atoms with van der Waals surface area (Å²) >= 11 is 5.64. The smallest absolute Gasteiger partial charge is 0.293 e. The maximum Gasteiger partial charge on any atom is 0.293 e. The molecule has 20 heavy (non-hydrogen) atoms. The van der Waals surface area contributed by atoms with Crippen LogP contribution < -0.4 is 10.6 Å². The first-order valence-electron chi connectivity index (χ1n) is 5.64. The van der Waals surface area contributed by atoms with Gasteiger partial charge >= 0.3 is 0 Å². The molecule has 1 aromatic carbocycles. The number of furan rings is 1. The molecule has 0 atom stereocenters. The summed E-state index contributed by atoms with van der Waals surface area (Å²) in [5.74, 6) is -0.171. The van der Waals surface area contributed by atoms with Crippen molar-refractivity contribution in [3.8, 4) is 0 Å². The quantitative estimate of drug-likeness (QED) is 0.393. The summed E-state index contributed by atoms with van der Waals surface area (Å²) in [7, 11) is 1.61. The molecule has 0 bridgehead atoms. The summed E-state index contributed by atoms with van der Waals surface area (Å²) in [6, 6.07) is 9.65. The van der Waals surface area contributed by atoms with E-state index in [1.165, 1.54) is 17.0 Å². The maximum absolute atomic E-state index is 12.1. The number of carbonyl (C=O) groups excluding carboxylic acids is 1. The first-order valence-corrected chi connectivity index (χ1v) is 6.02. The van der Waals surface area contributed by atoms with Gasteiger partial charge in [-0.2, -0.15) is 0 Å². The molecule has 1 aromatic heterocycles. The number of nitrogens with zero attached hydrogens (tertiary/aromatic N) is 2. The van der Waals surface area contributed by atoms with Crippen molar-refractivity contribution >= 4 is 29.0 Å². The van der Waals surface area contributed by atoms with Crippen LogP contribution in [0, 0.1) is 0 Å². The third-order valence-electron chi connectivity index (χ3n) is 2.75. The lowest BCUT2D eigenvalue weighted by atomic mass is 10.2. The van der Waals surface area contributed by atoms with Gasteiger partial charge in [0.1, 0.15) is 0 Å². The topological polar surface area (TPSA) is 92.1 Å². The molecule has 0 fully saturated rings. The number of nitrogens with two attached hydrogens (primary N) is 1. The van der Waals surface area contributed by atoms with Gasteiger partial charge in [0.15, 0.2) is 16.8 Å². The van der Waals surface area contributed by atoms with Gasteiger partial charge in [-0.05, 0) is 48.0 Å². The Morgan fingerprint density at radius 2 is 1.95 bits per heavy atom. The van der Waals surface area contributed by atoms with E-state index >= 15 is 0 Å². The van der Waals surface area contributed by atoms with Crippen LogP contribution in [0.4, 0.5) is 5.69 Å². The number of rotatable bonds is 3. The number of hydrogen-bond acceptors (Lipinski definition) is 4. The molecule has 0 spiro atoms. The average molecular weight is 294 g/mol. The van der Waals surface area contributed by atoms with Crippen molar-refractivity contribution in [3.05, 3.63) is 52.9 Å². The van der Waals surface area contributed by atoms with Gasteiger partial charge in [-0.1, -0.05) is 5.16 Å². The molecule has 1 amide bonds. The molecule has 2 aromatic rings. The van der Waals surface area contributed by atoms with E-state index in [4.69, 9.17) is 27.0 Å². The number of hydrogen-bond donors (Lipinski definition) is 2. The van der Waals surface area contributed by atoms with Crippen molar-refractivity contribution in [1.82, 2.24) is 0 Å². The highest BCUT2D eigenvalue weighted by Gasteiger charge is 2.17. The van der Waals surface area contributed by atoms with Gasteiger partial charge in [-0.15, -0.1) is 0 Å². The Labute approximate surface area is 120 Å². The molecule has 0 aliphatic carbocycles. The minimum atomic E-state index is -0.326. The second-order valence-corrected chi connectivity index (χ2v) is 4.37. The lowest BCUT2D eigenvalue weighted by Crippen LogP contribution is -2.25. The SMILES string of the molecule is CN(C(=O)c1ccc(Cl)o1)c1ccc(/C(N)=N/O)cc1. The van der Waals surface area contributed by atoms with Crippen LogP contribution >= 0.6 is 11.6 Å². The van der Waals surface area contributed by atoms with E-state index in [-0.39, 0.29) is 22.7 Å². The number of carbonyl (C=O) groups is 1. The fourth-order valence-corrected chi connectivity index (χ4v) is 1.77. The highest BCUT2D eigenvalue weighted by molar-refractivity contribution is 6.29. The molecule has 1 heterocycles. The van der Waals surface area contributed by atoms with Crippen molar-refractivity contribution in [2.75, 3.05) is 11.9 Å². The largest absolute Gasteiger partial charge is 0.440 e. The Bertz CT molecular complexity index is 649. The molecular weight excluding hydrogens is 282 g/mol. The van der Waals surface area contributed by atoms with Crippen LogP contribution in [-0.4, -0.2) is 24.0 Å². The predicted octanol–water partition coefficient (Wildman–Crippen LogP) is 2.30. The van der Waals surface area contributed by atoms with Crippen molar-refractivity contribution in [2.24, 2.45) is 10.9 Å². The molecule has 6 nitrogen and oxygen atoms in total. The number of oxime groups is 1. The fraction of sp³-hybridized carbons (Fsp3) is 0.0769. The van der Waals surface area contributed by atoms with Gasteiger partial charge in [-0.3, -0.25) is 4.79 Å². The first-order chi connectivity index (χ1) is 9.52. The van der Waals surface area contributed by atoms with Crippen molar-refractivity contribution in [2.45, 2.75) is 0 Å². The third kappa shape index (κ3) is 2.75. The zero-order valence-corrected chi connectivity index (χ0v) is 11.3. The summed E-state index contributed by atoms with van der Waals surface area (Å²) in [4.78, 5) is 13.5. The highest BCUT2D eigenvalue weighted by Crippen LogP contribution is 2.19. The summed E-state index contributed by atoms with van der Waals surface area (Å²) in [6.45, 7) is 0. The van der Waals surface area contributed by atoms with Crippen LogP contribution in [0.5, 0.6) is 0 Å². The van der Waals surface area contributed by atoms with Crippen molar-refractivity contribution in [1.29, 1.82) is 0 Å². The van der Waals surface area contributed by atoms with Crippen LogP contribution in [0.2, 0.25) is 5.22 Å². The Hall–Kier alpha value is -2.47. The zero-order valence-electron chi connectivity index (χ0n) is 10.6. The van der Waals surface area contributed by atoms with Crippen LogP contribution in [-0.2, 0) is 0 Å². The molecule has 0 saturated carbocycles. The monoisotopic (exact) mass is 293 g/mol. The summed E-state index contributed by atoms with van der Waals surface area (Å²) in [6.07, 6.45) is 0. The molecule has 0 unspecified atom stereocenters. The van der Waals surface area contributed by atoms with E-state index in [1.54, 1.807) is 31.3 Å². The van der Waals surface area contributed by atoms with E-state index in [9.17, 15) is 4.79 Å². The molecule has 0 radical (unpaired) electrons. The number of amidine groups is 1. The molecule has 7 heteroatoms. The second kappa shape index (κ2) is 5.66. The van der Waals surface area contributed by atoms with E-state index in [1.807, 2.05) is 0 Å². The Morgan fingerprint density at radius 3 is 2.45 bits per heavy atom. The number of halogens is 1. The van der Waals surface area contributed by atoms with Gasteiger partial charge in [-0.25, -0.2) is 0 Å². The second-order valence-electron chi connectivity index (χ2n) is 4.00. The summed E-state index contributed by atoms with van der Waals surface area (Å²) in [5, 5.41) is 11.6. The van der Waals surface area contributed by atoms with Gasteiger partial charge in [0.25, 0.3) is 5.91 Å². The fourth-order valence-electron chi connectivity index (χ4n) is 1.63. The Balaban J connectivity index is 2.21. The number of anilines is 1. The lowest BCUT2D eigenvalue weighted by molar-refractivity contribution is 0.0966. The van der Waals surface area contributed by atoms with E-state index in [0.717, 1.165) is 0 Å². The molecule has 0 aliphatic heterocycles. The molecule has 0 saturated heterocycles. The van der Waals surface area contributed by atoms with Crippen LogP contribution in [0.15, 0.2) is 46.0 Å². The normalized spacial score (nSPS) is 11.4. The van der Waals surface area contributed by atoms with Gasteiger partial charge in [0.2, 0.25) is 0 Å². The van der Waals surface area contributed by atoms with Gasteiger partial charge in [0.05, 0.1) is 0 Å². The number of benzene rings is 1. The van der Waals surface area contributed by atoms with Gasteiger partial charge < -0.3 is 20.3 Å². The lowest BCUT2D eigenvalue weighted by Gasteiger charge is -2.16. The van der Waals surface area contributed by atoms with E-state index < -0.39 is 0 Å². The summed E-state index contributed by atoms with van der Waals surface area (Å²) in [5.41, 5.74) is 6.65. The molecule has 3 N–H and O–H groups in total. The Kier molecular flexibility index (Phi) is 3.95. The van der Waals surface area contributed by atoms with Crippen LogP contribution in [0.25, 0.3) is 0 Å². The minimum absolute atomic E-state index is 0.00310. The maximum atomic E-state index is 12.1. The molecule has 104 valence electrons. The molecule has 0 aliphatic rings. The van der Waals surface area contributed by atoms with Crippen LogP contribution in [0.3, 0.4) is 0 Å². The first kappa shape index (κ1) is 14.0. The minimum Gasteiger partial charge on any atom is -0.440 e. The van der Waals surface area contributed by atoms with Crippen LogP contribution in [0.1, 0.15) is 16.1 Å². The zero-order chi connectivity index (χ0) is 14.7. The highest BCUT2D eigenvalue weighted by atomic mass is 35.5. The van der Waals surface area contributed by atoms with Crippen molar-refractivity contribution in [3.63, 3.8) is 0 Å². The molecular formula is C13H12ClN3O3. The standard InChI is InChI=1S/C13H12ClN3O3/c1-17(13(18)10-6-7-11(14)20-10)9-4-2-8(3-5-9)12(15)16-19/h2-7,19H,1H3,(H2,15,16). The van der Waals surface area contributed by atoms with Crippen molar-refractivity contribution < 1.29 is 14.4 Å². The Morgan fingerprint density at radius 1 is 1.30 bits per heavy atom. The summed E-state index contributed by atoms with van der Waals surface area (Å²) < 4.78 is 5.07. The van der Waals surface area contributed by atoms with Gasteiger partial charge in [0, 0.05) is 18.3 Å². The van der Waals surface area contributed by atoms with E-state index in [0.29, 0.717) is 11.3 Å².